The standard InChI is InChI=1S/C22H16Cl2N2O3/c23-10-1-3-14(17(24)7-10)18-6-2-11(29-18)9-25-26-21(27)19-12-4-5-13(16-8-15(12)16)20(19)22(26)28/h1-7,9,12-13,15-16,19-20H,8H2/b25-9+. The van der Waals surface area contributed by atoms with Crippen LogP contribution in [0.4, 0.5) is 0 Å². The first-order chi connectivity index (χ1) is 14.0. The van der Waals surface area contributed by atoms with Crippen LogP contribution in [-0.4, -0.2) is 23.0 Å². The molecule has 2 amide bonds. The predicted octanol–water partition coefficient (Wildman–Crippen LogP) is 4.64. The van der Waals surface area contributed by atoms with Crippen LogP contribution < -0.4 is 0 Å². The molecule has 146 valence electrons. The Kier molecular flexibility index (Phi) is 3.66. The number of hydrogen-bond donors (Lipinski definition) is 0. The van der Waals surface area contributed by atoms with E-state index in [-0.39, 0.29) is 35.5 Å². The predicted molar refractivity (Wildman–Crippen MR) is 108 cm³/mol. The van der Waals surface area contributed by atoms with Crippen molar-refractivity contribution in [1.82, 2.24) is 5.01 Å². The molecule has 0 spiro atoms. The molecular weight excluding hydrogens is 411 g/mol. The summed E-state index contributed by atoms with van der Waals surface area (Å²) in [5.74, 6) is 1.64. The molecule has 1 saturated heterocycles. The Morgan fingerprint density at radius 2 is 1.69 bits per heavy atom. The van der Waals surface area contributed by atoms with Gasteiger partial charge in [0.05, 0.1) is 23.1 Å². The van der Waals surface area contributed by atoms with E-state index in [1.165, 1.54) is 6.21 Å². The van der Waals surface area contributed by atoms with Gasteiger partial charge in [-0.1, -0.05) is 35.4 Å². The summed E-state index contributed by atoms with van der Waals surface area (Å²) in [6, 6.07) is 8.64. The molecule has 6 unspecified atom stereocenters. The Morgan fingerprint density at radius 3 is 2.34 bits per heavy atom. The average molecular weight is 427 g/mol. The normalized spacial score (nSPS) is 34.2. The Bertz CT molecular complexity index is 1090. The third-order valence-electron chi connectivity index (χ3n) is 6.76. The summed E-state index contributed by atoms with van der Waals surface area (Å²) < 4.78 is 5.78. The van der Waals surface area contributed by atoms with Crippen LogP contribution in [0, 0.1) is 35.5 Å². The fourth-order valence-electron chi connectivity index (χ4n) is 5.43. The largest absolute Gasteiger partial charge is 0.455 e. The van der Waals surface area contributed by atoms with Crippen molar-refractivity contribution in [2.24, 2.45) is 40.6 Å². The summed E-state index contributed by atoms with van der Waals surface area (Å²) in [6.45, 7) is 0. The fraction of sp³-hybridized carbons (Fsp3) is 0.318. The average Bonchev–Trinajstić information content (AvgIpc) is 3.34. The molecule has 4 aliphatic carbocycles. The van der Waals surface area contributed by atoms with Crippen molar-refractivity contribution in [3.05, 3.63) is 58.3 Å². The highest BCUT2D eigenvalue weighted by Crippen LogP contribution is 2.65. The third-order valence-corrected chi connectivity index (χ3v) is 7.31. The van der Waals surface area contributed by atoms with Crippen molar-refractivity contribution < 1.29 is 14.0 Å². The van der Waals surface area contributed by atoms with Gasteiger partial charge in [-0.05, 0) is 60.4 Å². The zero-order chi connectivity index (χ0) is 19.9. The summed E-state index contributed by atoms with van der Waals surface area (Å²) in [6.07, 6.45) is 6.85. The Balaban J connectivity index is 1.25. The zero-order valence-electron chi connectivity index (χ0n) is 15.2. The minimum Gasteiger partial charge on any atom is -0.455 e. The smallest absolute Gasteiger partial charge is 0.254 e. The minimum atomic E-state index is -0.251. The van der Waals surface area contributed by atoms with Crippen molar-refractivity contribution in [1.29, 1.82) is 0 Å². The van der Waals surface area contributed by atoms with Crippen LogP contribution >= 0.6 is 23.2 Å². The third kappa shape index (κ3) is 2.50. The summed E-state index contributed by atoms with van der Waals surface area (Å²) in [7, 11) is 0. The van der Waals surface area contributed by atoms with E-state index < -0.39 is 0 Å². The first kappa shape index (κ1) is 17.5. The summed E-state index contributed by atoms with van der Waals surface area (Å²) >= 11 is 12.2. The molecule has 5 aliphatic rings. The lowest BCUT2D eigenvalue weighted by atomic mass is 9.63. The molecule has 5 nitrogen and oxygen atoms in total. The lowest BCUT2D eigenvalue weighted by Gasteiger charge is -2.37. The maximum Gasteiger partial charge on any atom is 0.254 e. The SMILES string of the molecule is O=C1C2C3C=CC(C4CC34)C2C(=O)N1/N=C/c1ccc(-c2ccc(Cl)cc2Cl)o1. The number of carbonyl (C=O) groups excluding carboxylic acids is 2. The second kappa shape index (κ2) is 6.07. The van der Waals surface area contributed by atoms with Crippen LogP contribution in [0.2, 0.25) is 10.0 Å². The van der Waals surface area contributed by atoms with Crippen molar-refractivity contribution in [2.75, 3.05) is 0 Å². The van der Waals surface area contributed by atoms with Gasteiger partial charge in [-0.3, -0.25) is 9.59 Å². The van der Waals surface area contributed by atoms with E-state index >= 15 is 0 Å². The first-order valence-corrected chi connectivity index (χ1v) is 10.4. The van der Waals surface area contributed by atoms with Gasteiger partial charge in [0.15, 0.2) is 0 Å². The number of furan rings is 1. The molecule has 1 aromatic heterocycles. The minimum absolute atomic E-state index is 0.187. The van der Waals surface area contributed by atoms with Crippen LogP contribution in [0.5, 0.6) is 0 Å². The van der Waals surface area contributed by atoms with E-state index in [0.29, 0.717) is 39.0 Å². The second-order valence-corrected chi connectivity index (χ2v) is 9.06. The Hall–Kier alpha value is -2.37. The van der Waals surface area contributed by atoms with E-state index in [9.17, 15) is 9.59 Å². The van der Waals surface area contributed by atoms with Gasteiger partial charge in [-0.25, -0.2) is 0 Å². The number of rotatable bonds is 3. The van der Waals surface area contributed by atoms with Gasteiger partial charge < -0.3 is 4.42 Å². The highest BCUT2D eigenvalue weighted by molar-refractivity contribution is 6.36. The quantitative estimate of drug-likeness (QED) is 0.407. The van der Waals surface area contributed by atoms with Gasteiger partial charge >= 0.3 is 0 Å². The number of nitrogens with zero attached hydrogens (tertiary/aromatic N) is 2. The zero-order valence-corrected chi connectivity index (χ0v) is 16.7. The van der Waals surface area contributed by atoms with Gasteiger partial charge in [0.25, 0.3) is 11.8 Å². The van der Waals surface area contributed by atoms with Crippen molar-refractivity contribution in [2.45, 2.75) is 6.42 Å². The van der Waals surface area contributed by atoms with E-state index in [0.717, 1.165) is 11.4 Å². The highest BCUT2D eigenvalue weighted by atomic mass is 35.5. The molecule has 2 saturated carbocycles. The Morgan fingerprint density at radius 1 is 1.00 bits per heavy atom. The molecule has 7 rings (SSSR count). The van der Waals surface area contributed by atoms with Gasteiger partial charge in [0, 0.05) is 10.6 Å². The topological polar surface area (TPSA) is 62.9 Å². The number of benzene rings is 1. The molecule has 0 N–H and O–H groups in total. The van der Waals surface area contributed by atoms with Gasteiger partial charge in [0.2, 0.25) is 0 Å². The van der Waals surface area contributed by atoms with Crippen LogP contribution in [0.3, 0.4) is 0 Å². The van der Waals surface area contributed by atoms with Crippen molar-refractivity contribution in [3.63, 3.8) is 0 Å². The highest BCUT2D eigenvalue weighted by Gasteiger charge is 2.67. The first-order valence-electron chi connectivity index (χ1n) is 9.68. The number of amides is 2. The van der Waals surface area contributed by atoms with Crippen molar-refractivity contribution in [3.8, 4) is 11.3 Å². The lowest BCUT2D eigenvalue weighted by Crippen LogP contribution is -2.40. The maximum absolute atomic E-state index is 12.9. The van der Waals surface area contributed by atoms with E-state index in [2.05, 4.69) is 17.3 Å². The summed E-state index contributed by atoms with van der Waals surface area (Å²) in [5, 5.41) is 6.26. The van der Waals surface area contributed by atoms with E-state index in [1.807, 2.05) is 0 Å². The molecule has 2 bridgehead atoms. The molecule has 2 aromatic rings. The van der Waals surface area contributed by atoms with Crippen molar-refractivity contribution >= 4 is 41.2 Å². The van der Waals surface area contributed by atoms with Gasteiger partial charge in [0.1, 0.15) is 11.5 Å². The second-order valence-electron chi connectivity index (χ2n) is 8.21. The summed E-state index contributed by atoms with van der Waals surface area (Å²) in [4.78, 5) is 25.9. The number of hydrogen-bond acceptors (Lipinski definition) is 4. The van der Waals surface area contributed by atoms with Crippen LogP contribution in [0.15, 0.2) is 52.0 Å². The molecule has 7 heteroatoms. The molecule has 2 heterocycles. The Labute approximate surface area is 177 Å². The maximum atomic E-state index is 12.9. The molecule has 6 atom stereocenters. The molecular formula is C22H16Cl2N2O3. The number of halogens is 2. The lowest BCUT2D eigenvalue weighted by molar-refractivity contribution is -0.140. The van der Waals surface area contributed by atoms with Gasteiger partial charge in [-0.2, -0.15) is 10.1 Å². The molecule has 3 fully saturated rings. The van der Waals surface area contributed by atoms with E-state index in [1.54, 1.807) is 30.3 Å². The monoisotopic (exact) mass is 426 g/mol. The summed E-state index contributed by atoms with van der Waals surface area (Å²) in [5.41, 5.74) is 0.705. The molecule has 1 aromatic carbocycles. The molecule has 29 heavy (non-hydrogen) atoms. The molecule has 1 aliphatic heterocycles. The number of allylic oxidation sites excluding steroid dienone is 2. The van der Waals surface area contributed by atoms with Crippen LogP contribution in [-0.2, 0) is 9.59 Å². The fourth-order valence-corrected chi connectivity index (χ4v) is 5.93. The number of carbonyl (C=O) groups is 2. The number of hydrazone groups is 1. The molecule has 0 radical (unpaired) electrons. The van der Waals surface area contributed by atoms with E-state index in [4.69, 9.17) is 27.6 Å². The van der Waals surface area contributed by atoms with Crippen LogP contribution in [0.1, 0.15) is 12.2 Å². The van der Waals surface area contributed by atoms with Crippen LogP contribution in [0.25, 0.3) is 11.3 Å². The van der Waals surface area contributed by atoms with Gasteiger partial charge in [-0.15, -0.1) is 0 Å². The number of imide groups is 1.